The molecular formula is C12H18O3. The summed E-state index contributed by atoms with van der Waals surface area (Å²) in [6.07, 6.45) is 4.77. The molecule has 4 fully saturated rings. The summed E-state index contributed by atoms with van der Waals surface area (Å²) in [6.45, 7) is 0. The fourth-order valence-electron chi connectivity index (χ4n) is 4.50. The summed E-state index contributed by atoms with van der Waals surface area (Å²) in [6, 6.07) is 0. The molecule has 84 valence electrons. The van der Waals surface area contributed by atoms with Gasteiger partial charge in [-0.05, 0) is 49.9 Å². The first-order valence-corrected chi connectivity index (χ1v) is 5.92. The maximum absolute atomic E-state index is 11.9. The molecule has 4 aliphatic rings. The summed E-state index contributed by atoms with van der Waals surface area (Å²) >= 11 is 0. The molecule has 0 aromatic carbocycles. The number of methoxy groups -OCH3 is 1. The molecule has 3 atom stereocenters. The maximum Gasteiger partial charge on any atom is 0.314 e. The van der Waals surface area contributed by atoms with Crippen LogP contribution in [0.3, 0.4) is 0 Å². The molecule has 0 amide bonds. The Morgan fingerprint density at radius 3 is 2.40 bits per heavy atom. The Balaban J connectivity index is 1.97. The second kappa shape index (κ2) is 2.97. The highest BCUT2D eigenvalue weighted by molar-refractivity contribution is 5.78. The van der Waals surface area contributed by atoms with Gasteiger partial charge in [-0.3, -0.25) is 4.79 Å². The topological polar surface area (TPSA) is 46.5 Å². The predicted molar refractivity (Wildman–Crippen MR) is 54.0 cm³/mol. The highest BCUT2D eigenvalue weighted by atomic mass is 16.5. The van der Waals surface area contributed by atoms with Crippen molar-refractivity contribution >= 4 is 5.97 Å². The van der Waals surface area contributed by atoms with Crippen LogP contribution in [-0.2, 0) is 9.53 Å². The molecule has 15 heavy (non-hydrogen) atoms. The fourth-order valence-corrected chi connectivity index (χ4v) is 4.50. The lowest BCUT2D eigenvalue weighted by Crippen LogP contribution is -2.59. The molecule has 0 heterocycles. The van der Waals surface area contributed by atoms with E-state index in [4.69, 9.17) is 4.74 Å². The summed E-state index contributed by atoms with van der Waals surface area (Å²) in [7, 11) is 1.44. The van der Waals surface area contributed by atoms with E-state index in [1.54, 1.807) is 0 Å². The molecule has 3 unspecified atom stereocenters. The van der Waals surface area contributed by atoms with Gasteiger partial charge < -0.3 is 9.84 Å². The number of ether oxygens (including phenoxy) is 1. The summed E-state index contributed by atoms with van der Waals surface area (Å²) in [4.78, 5) is 11.9. The van der Waals surface area contributed by atoms with Crippen molar-refractivity contribution in [3.05, 3.63) is 0 Å². The van der Waals surface area contributed by atoms with Gasteiger partial charge in [-0.25, -0.2) is 0 Å². The van der Waals surface area contributed by atoms with Crippen LogP contribution in [0.15, 0.2) is 0 Å². The van der Waals surface area contributed by atoms with E-state index >= 15 is 0 Å². The lowest BCUT2D eigenvalue weighted by atomic mass is 9.48. The first-order valence-electron chi connectivity index (χ1n) is 5.92. The van der Waals surface area contributed by atoms with Crippen molar-refractivity contribution in [3.8, 4) is 0 Å². The first kappa shape index (κ1) is 9.64. The Bertz CT molecular complexity index is 285. The third-order valence-electron chi connectivity index (χ3n) is 4.85. The maximum atomic E-state index is 11.9. The molecule has 0 aliphatic heterocycles. The van der Waals surface area contributed by atoms with E-state index in [1.807, 2.05) is 0 Å². The molecule has 0 saturated heterocycles. The van der Waals surface area contributed by atoms with Crippen LogP contribution >= 0.6 is 0 Å². The lowest BCUT2D eigenvalue weighted by molar-refractivity contribution is -0.194. The molecule has 3 heteroatoms. The zero-order valence-corrected chi connectivity index (χ0v) is 9.11. The van der Waals surface area contributed by atoms with Crippen molar-refractivity contribution in [2.45, 2.75) is 38.2 Å². The number of aliphatic hydroxyl groups is 1. The monoisotopic (exact) mass is 210 g/mol. The molecule has 4 saturated carbocycles. The average molecular weight is 210 g/mol. The highest BCUT2D eigenvalue weighted by Crippen LogP contribution is 2.60. The molecule has 0 aromatic rings. The molecule has 4 rings (SSSR count). The number of carbonyl (C=O) groups is 1. The second-order valence-corrected chi connectivity index (χ2v) is 5.70. The smallest absolute Gasteiger partial charge is 0.314 e. The zero-order valence-electron chi connectivity index (χ0n) is 9.11. The SMILES string of the molecule is COC(=O)C12CC3CC(CC(C3)C1O)C2. The molecule has 0 aromatic heterocycles. The zero-order chi connectivity index (χ0) is 10.6. The van der Waals surface area contributed by atoms with Gasteiger partial charge in [0.05, 0.1) is 18.6 Å². The normalized spacial score (nSPS) is 51.9. The van der Waals surface area contributed by atoms with E-state index in [-0.39, 0.29) is 5.97 Å². The van der Waals surface area contributed by atoms with Gasteiger partial charge in [0, 0.05) is 0 Å². The first-order chi connectivity index (χ1) is 7.15. The lowest BCUT2D eigenvalue weighted by Gasteiger charge is -2.57. The second-order valence-electron chi connectivity index (χ2n) is 5.70. The molecule has 4 aliphatic carbocycles. The summed E-state index contributed by atoms with van der Waals surface area (Å²) in [5.41, 5.74) is -0.538. The van der Waals surface area contributed by atoms with Crippen molar-refractivity contribution in [3.63, 3.8) is 0 Å². The van der Waals surface area contributed by atoms with E-state index in [0.29, 0.717) is 17.8 Å². The van der Waals surface area contributed by atoms with Crippen molar-refractivity contribution in [1.29, 1.82) is 0 Å². The van der Waals surface area contributed by atoms with Gasteiger partial charge in [-0.15, -0.1) is 0 Å². The van der Waals surface area contributed by atoms with E-state index < -0.39 is 11.5 Å². The van der Waals surface area contributed by atoms with E-state index in [0.717, 1.165) is 25.7 Å². The van der Waals surface area contributed by atoms with Crippen molar-refractivity contribution in [1.82, 2.24) is 0 Å². The van der Waals surface area contributed by atoms with Crippen LogP contribution < -0.4 is 0 Å². The van der Waals surface area contributed by atoms with E-state index in [1.165, 1.54) is 13.5 Å². The Hall–Kier alpha value is -0.570. The van der Waals surface area contributed by atoms with Gasteiger partial charge >= 0.3 is 5.97 Å². The van der Waals surface area contributed by atoms with Crippen molar-refractivity contribution in [2.75, 3.05) is 7.11 Å². The minimum Gasteiger partial charge on any atom is -0.469 e. The predicted octanol–water partition coefficient (Wildman–Crippen LogP) is 1.35. The van der Waals surface area contributed by atoms with Gasteiger partial charge in [0.2, 0.25) is 0 Å². The number of rotatable bonds is 1. The molecule has 4 bridgehead atoms. The van der Waals surface area contributed by atoms with Crippen LogP contribution in [0.1, 0.15) is 32.1 Å². The van der Waals surface area contributed by atoms with Gasteiger partial charge in [0.25, 0.3) is 0 Å². The van der Waals surface area contributed by atoms with Crippen LogP contribution in [0.4, 0.5) is 0 Å². The van der Waals surface area contributed by atoms with Crippen LogP contribution in [0.5, 0.6) is 0 Å². The van der Waals surface area contributed by atoms with E-state index in [9.17, 15) is 9.90 Å². The molecule has 3 nitrogen and oxygen atoms in total. The van der Waals surface area contributed by atoms with Crippen LogP contribution in [0, 0.1) is 23.2 Å². The molecular weight excluding hydrogens is 192 g/mol. The van der Waals surface area contributed by atoms with Gasteiger partial charge in [-0.1, -0.05) is 0 Å². The Morgan fingerprint density at radius 1 is 1.27 bits per heavy atom. The standard InChI is InChI=1S/C12H18O3/c1-15-11(14)12-5-7-2-8(6-12)4-9(3-7)10(12)13/h7-10,13H,2-6H2,1H3. The molecule has 1 N–H and O–H groups in total. The number of carbonyl (C=O) groups excluding carboxylic acids is 1. The van der Waals surface area contributed by atoms with Crippen molar-refractivity contribution < 1.29 is 14.6 Å². The van der Waals surface area contributed by atoms with Gasteiger partial charge in [0.15, 0.2) is 0 Å². The Labute approximate surface area is 89.8 Å². The third kappa shape index (κ3) is 1.13. The minimum absolute atomic E-state index is 0.172. The summed E-state index contributed by atoms with van der Waals surface area (Å²) in [5.74, 6) is 1.50. The van der Waals surface area contributed by atoms with Crippen LogP contribution in [0.2, 0.25) is 0 Å². The number of hydrogen-bond donors (Lipinski definition) is 1. The van der Waals surface area contributed by atoms with Crippen LogP contribution in [0.25, 0.3) is 0 Å². The van der Waals surface area contributed by atoms with Crippen LogP contribution in [-0.4, -0.2) is 24.3 Å². The van der Waals surface area contributed by atoms with E-state index in [2.05, 4.69) is 0 Å². The highest BCUT2D eigenvalue weighted by Gasteiger charge is 2.60. The third-order valence-corrected chi connectivity index (χ3v) is 4.85. The Morgan fingerprint density at radius 2 is 1.87 bits per heavy atom. The number of esters is 1. The number of hydrogen-bond acceptors (Lipinski definition) is 3. The van der Waals surface area contributed by atoms with Crippen molar-refractivity contribution in [2.24, 2.45) is 23.2 Å². The largest absolute Gasteiger partial charge is 0.469 e. The minimum atomic E-state index is -0.538. The molecule has 0 spiro atoms. The Kier molecular flexibility index (Phi) is 1.91. The van der Waals surface area contributed by atoms with Gasteiger partial charge in [0.1, 0.15) is 0 Å². The average Bonchev–Trinajstić information content (AvgIpc) is 2.23. The van der Waals surface area contributed by atoms with Gasteiger partial charge in [-0.2, -0.15) is 0 Å². The molecule has 0 radical (unpaired) electrons. The fraction of sp³-hybridized carbons (Fsp3) is 0.917. The number of aliphatic hydroxyl groups excluding tert-OH is 1. The summed E-state index contributed by atoms with van der Waals surface area (Å²) in [5, 5.41) is 10.3. The quantitative estimate of drug-likeness (QED) is 0.664. The summed E-state index contributed by atoms with van der Waals surface area (Å²) < 4.78 is 4.91.